The molecule has 1 heterocycles. The monoisotopic (exact) mass is 519 g/mol. The van der Waals surface area contributed by atoms with E-state index in [1.54, 1.807) is 48.5 Å². The van der Waals surface area contributed by atoms with E-state index in [2.05, 4.69) is 24.3 Å². The second-order valence-electron chi connectivity index (χ2n) is 10.1. The van der Waals surface area contributed by atoms with Gasteiger partial charge < -0.3 is 4.74 Å². The molecule has 0 N–H and O–H groups in total. The fraction of sp³-hybridized carbons (Fsp3) is 0.156. The molecule has 1 fully saturated rings. The van der Waals surface area contributed by atoms with Gasteiger partial charge in [0.05, 0.1) is 23.9 Å². The van der Waals surface area contributed by atoms with E-state index in [0.29, 0.717) is 10.7 Å². The van der Waals surface area contributed by atoms with E-state index in [1.165, 1.54) is 4.90 Å². The Morgan fingerprint density at radius 3 is 1.76 bits per heavy atom. The molecule has 2 atom stereocenters. The molecule has 4 aromatic carbocycles. The zero-order chi connectivity index (χ0) is 26.0. The van der Waals surface area contributed by atoms with Gasteiger partial charge in [0.1, 0.15) is 5.75 Å². The molecule has 2 bridgehead atoms. The third-order valence-corrected chi connectivity index (χ3v) is 8.27. The lowest BCUT2D eigenvalue weighted by Crippen LogP contribution is -2.41. The van der Waals surface area contributed by atoms with Gasteiger partial charge in [0.25, 0.3) is 0 Å². The van der Waals surface area contributed by atoms with Crippen LogP contribution in [-0.4, -0.2) is 17.8 Å². The quantitative estimate of drug-likeness (QED) is 0.192. The molecule has 0 aromatic heterocycles. The lowest BCUT2D eigenvalue weighted by molar-refractivity contribution is -0.133. The van der Waals surface area contributed by atoms with Crippen LogP contribution in [0.2, 0.25) is 5.02 Å². The predicted molar refractivity (Wildman–Crippen MR) is 143 cm³/mol. The normalized spacial score (nSPS) is 22.6. The highest BCUT2D eigenvalue weighted by Crippen LogP contribution is 2.61. The van der Waals surface area contributed by atoms with Gasteiger partial charge in [0.15, 0.2) is 0 Å². The van der Waals surface area contributed by atoms with Crippen LogP contribution in [-0.2, 0) is 20.8 Å². The SMILES string of the molecule is O=C(Cc1ccc(Cl)cc1)Oc1cccc(N2C(=O)C3C4c5ccccc5C(c5ccccc54)C3C2=O)c1. The second kappa shape index (κ2) is 8.67. The van der Waals surface area contributed by atoms with Gasteiger partial charge in [0, 0.05) is 22.9 Å². The molecule has 0 spiro atoms. The first-order valence-electron chi connectivity index (χ1n) is 12.6. The van der Waals surface area contributed by atoms with E-state index in [4.69, 9.17) is 16.3 Å². The van der Waals surface area contributed by atoms with Gasteiger partial charge >= 0.3 is 5.97 Å². The zero-order valence-electron chi connectivity index (χ0n) is 20.2. The van der Waals surface area contributed by atoms with Crippen molar-refractivity contribution in [2.75, 3.05) is 4.90 Å². The van der Waals surface area contributed by atoms with E-state index in [9.17, 15) is 14.4 Å². The van der Waals surface area contributed by atoms with Gasteiger partial charge in [-0.2, -0.15) is 0 Å². The number of rotatable bonds is 4. The van der Waals surface area contributed by atoms with Crippen molar-refractivity contribution < 1.29 is 19.1 Å². The number of carbonyl (C=O) groups is 3. The number of hydrogen-bond donors (Lipinski definition) is 0. The first kappa shape index (κ1) is 22.9. The van der Waals surface area contributed by atoms with Crippen molar-refractivity contribution in [3.05, 3.63) is 130 Å². The Kier molecular flexibility index (Phi) is 5.24. The first-order chi connectivity index (χ1) is 18.5. The Morgan fingerprint density at radius 1 is 0.711 bits per heavy atom. The van der Waals surface area contributed by atoms with E-state index < -0.39 is 17.8 Å². The summed E-state index contributed by atoms with van der Waals surface area (Å²) in [4.78, 5) is 41.8. The summed E-state index contributed by atoms with van der Waals surface area (Å²) < 4.78 is 5.57. The van der Waals surface area contributed by atoms with Crippen LogP contribution in [0.5, 0.6) is 5.75 Å². The molecule has 1 aliphatic heterocycles. The Hall–Kier alpha value is -4.22. The van der Waals surface area contributed by atoms with Gasteiger partial charge in [-0.15, -0.1) is 0 Å². The summed E-state index contributed by atoms with van der Waals surface area (Å²) in [6.45, 7) is 0. The second-order valence-corrected chi connectivity index (χ2v) is 10.5. The van der Waals surface area contributed by atoms with Gasteiger partial charge in [-0.3, -0.25) is 14.4 Å². The number of esters is 1. The lowest BCUT2D eigenvalue weighted by atomic mass is 9.55. The van der Waals surface area contributed by atoms with Gasteiger partial charge in [0.2, 0.25) is 11.8 Å². The van der Waals surface area contributed by atoms with Crippen molar-refractivity contribution in [2.45, 2.75) is 18.3 Å². The van der Waals surface area contributed by atoms with Crippen LogP contribution < -0.4 is 9.64 Å². The van der Waals surface area contributed by atoms with Crippen LogP contribution in [0.25, 0.3) is 0 Å². The van der Waals surface area contributed by atoms with E-state index in [-0.39, 0.29) is 35.8 Å². The third kappa shape index (κ3) is 3.42. The number of benzene rings is 4. The Morgan fingerprint density at radius 2 is 1.24 bits per heavy atom. The van der Waals surface area contributed by atoms with Gasteiger partial charge in [-0.25, -0.2) is 4.90 Å². The maximum absolute atomic E-state index is 13.9. The van der Waals surface area contributed by atoms with Crippen molar-refractivity contribution in [1.29, 1.82) is 0 Å². The first-order valence-corrected chi connectivity index (χ1v) is 13.0. The van der Waals surface area contributed by atoms with Crippen LogP contribution in [0.15, 0.2) is 97.1 Å². The summed E-state index contributed by atoms with van der Waals surface area (Å²) in [5.74, 6) is -1.83. The van der Waals surface area contributed by atoms with Gasteiger partial charge in [-0.05, 0) is 52.1 Å². The van der Waals surface area contributed by atoms with Crippen molar-refractivity contribution in [1.82, 2.24) is 0 Å². The minimum atomic E-state index is -0.464. The average Bonchev–Trinajstić information content (AvgIpc) is 3.20. The molecule has 186 valence electrons. The molecule has 2 amide bonds. The molecule has 4 aromatic rings. The Bertz CT molecular complexity index is 1510. The van der Waals surface area contributed by atoms with Crippen molar-refractivity contribution in [3.63, 3.8) is 0 Å². The largest absolute Gasteiger partial charge is 0.426 e. The molecule has 8 rings (SSSR count). The highest BCUT2D eigenvalue weighted by atomic mass is 35.5. The molecule has 3 aliphatic carbocycles. The fourth-order valence-electron chi connectivity index (χ4n) is 6.55. The lowest BCUT2D eigenvalue weighted by Gasteiger charge is -2.45. The smallest absolute Gasteiger partial charge is 0.315 e. The standard InChI is InChI=1S/C32H22ClNO4/c33-19-14-12-18(13-15-19)16-26(35)38-21-7-5-6-20(17-21)34-31(36)29-27-22-8-1-2-9-23(22)28(30(29)32(34)37)25-11-4-3-10-24(25)27/h1-15,17,27-30H,16H2. The predicted octanol–water partition coefficient (Wildman–Crippen LogP) is 5.88. The molecule has 1 saturated heterocycles. The maximum atomic E-state index is 13.9. The highest BCUT2D eigenvalue weighted by molar-refractivity contribution is 6.30. The van der Waals surface area contributed by atoms with Crippen LogP contribution in [0, 0.1) is 11.8 Å². The van der Waals surface area contributed by atoms with Crippen LogP contribution >= 0.6 is 11.6 Å². The molecule has 2 unspecified atom stereocenters. The minimum absolute atomic E-state index is 0.0764. The number of nitrogens with zero attached hydrogens (tertiary/aromatic N) is 1. The van der Waals surface area contributed by atoms with E-state index >= 15 is 0 Å². The molecular weight excluding hydrogens is 498 g/mol. The number of anilines is 1. The fourth-order valence-corrected chi connectivity index (χ4v) is 6.68. The molecule has 38 heavy (non-hydrogen) atoms. The van der Waals surface area contributed by atoms with Crippen LogP contribution in [0.4, 0.5) is 5.69 Å². The molecule has 4 aliphatic rings. The molecule has 5 nitrogen and oxygen atoms in total. The maximum Gasteiger partial charge on any atom is 0.315 e. The number of hydrogen-bond acceptors (Lipinski definition) is 4. The van der Waals surface area contributed by atoms with Crippen molar-refractivity contribution in [3.8, 4) is 5.75 Å². The van der Waals surface area contributed by atoms with Crippen molar-refractivity contribution in [2.24, 2.45) is 11.8 Å². The molecule has 0 radical (unpaired) electrons. The highest BCUT2D eigenvalue weighted by Gasteiger charge is 2.61. The number of ether oxygens (including phenoxy) is 1. The number of amides is 2. The Balaban J connectivity index is 1.20. The summed E-state index contributed by atoms with van der Waals surface area (Å²) in [5.41, 5.74) is 5.71. The number of carbonyl (C=O) groups excluding carboxylic acids is 3. The summed E-state index contributed by atoms with van der Waals surface area (Å²) in [7, 11) is 0. The number of imide groups is 1. The molecule has 0 saturated carbocycles. The summed E-state index contributed by atoms with van der Waals surface area (Å²) in [5, 5.41) is 0.593. The molecular formula is C32H22ClNO4. The minimum Gasteiger partial charge on any atom is -0.426 e. The van der Waals surface area contributed by atoms with Crippen LogP contribution in [0.1, 0.15) is 39.7 Å². The third-order valence-electron chi connectivity index (χ3n) is 8.02. The topological polar surface area (TPSA) is 63.7 Å². The Labute approximate surface area is 224 Å². The summed E-state index contributed by atoms with van der Waals surface area (Å²) in [6.07, 6.45) is 0.0764. The molecule has 6 heteroatoms. The number of halogens is 1. The van der Waals surface area contributed by atoms with Crippen LogP contribution in [0.3, 0.4) is 0 Å². The summed E-state index contributed by atoms with van der Waals surface area (Å²) in [6, 6.07) is 30.0. The van der Waals surface area contributed by atoms with E-state index in [0.717, 1.165) is 27.8 Å². The van der Waals surface area contributed by atoms with Gasteiger partial charge in [-0.1, -0.05) is 78.3 Å². The zero-order valence-corrected chi connectivity index (χ0v) is 21.0. The average molecular weight is 520 g/mol. The van der Waals surface area contributed by atoms with Crippen molar-refractivity contribution >= 4 is 35.1 Å². The van der Waals surface area contributed by atoms with E-state index in [1.807, 2.05) is 24.3 Å². The summed E-state index contributed by atoms with van der Waals surface area (Å²) >= 11 is 5.93.